The van der Waals surface area contributed by atoms with Gasteiger partial charge in [-0.2, -0.15) is 0 Å². The molecule has 0 fully saturated rings. The van der Waals surface area contributed by atoms with Gasteiger partial charge in [-0.25, -0.2) is 9.59 Å². The maximum atomic E-state index is 10.3. The third kappa shape index (κ3) is 3.99. The van der Waals surface area contributed by atoms with E-state index in [9.17, 15) is 9.59 Å². The average molecular weight is 238 g/mol. The molecule has 4 nitrogen and oxygen atoms in total. The number of carboxylic acid groups (broad SMARTS) is 2. The van der Waals surface area contributed by atoms with Crippen molar-refractivity contribution < 1.29 is 36.9 Å². The van der Waals surface area contributed by atoms with Crippen LogP contribution < -0.4 is 0 Å². The van der Waals surface area contributed by atoms with Gasteiger partial charge in [0.25, 0.3) is 0 Å². The summed E-state index contributed by atoms with van der Waals surface area (Å²) >= 11 is 0. The van der Waals surface area contributed by atoms with E-state index in [0.717, 1.165) is 0 Å². The van der Waals surface area contributed by atoms with E-state index < -0.39 is 11.9 Å². The van der Waals surface area contributed by atoms with Crippen molar-refractivity contribution in [3.63, 3.8) is 0 Å². The van der Waals surface area contributed by atoms with E-state index in [2.05, 4.69) is 0 Å². The van der Waals surface area contributed by atoms with Gasteiger partial charge in [0.2, 0.25) is 0 Å². The molecule has 0 saturated carbocycles. The zero-order valence-corrected chi connectivity index (χ0v) is 7.26. The van der Waals surface area contributed by atoms with Gasteiger partial charge in [-0.15, -0.1) is 0 Å². The van der Waals surface area contributed by atoms with Gasteiger partial charge < -0.3 is 10.2 Å². The zero-order valence-electron chi connectivity index (χ0n) is 6.32. The number of hydrogen-bond donors (Lipinski definition) is 2. The molecule has 75 valence electrons. The Bertz CT molecular complexity index is 290. The number of hydrogen-bond acceptors (Lipinski definition) is 2. The van der Waals surface area contributed by atoms with Gasteiger partial charge in [-0.05, 0) is 24.3 Å². The van der Waals surface area contributed by atoms with E-state index in [1.807, 2.05) is 0 Å². The standard InChI is InChI=1S/C8H6O4.Cu.Li.H/c9-7(10)5-1-2-6(4-3-5)8(11)12;;;/h1-4H,(H,9,10)(H,11,12);;;. The van der Waals surface area contributed by atoms with Gasteiger partial charge in [0.1, 0.15) is 0 Å². The Labute approximate surface area is 103 Å². The Balaban J connectivity index is 0. The van der Waals surface area contributed by atoms with E-state index in [1.165, 1.54) is 24.3 Å². The normalized spacial score (nSPS) is 8.00. The minimum absolute atomic E-state index is 0. The van der Waals surface area contributed by atoms with Crippen molar-refractivity contribution in [2.45, 2.75) is 0 Å². The van der Waals surface area contributed by atoms with Crippen molar-refractivity contribution >= 4 is 30.8 Å². The van der Waals surface area contributed by atoms with Crippen LogP contribution in [-0.4, -0.2) is 41.0 Å². The van der Waals surface area contributed by atoms with E-state index in [4.69, 9.17) is 10.2 Å². The predicted octanol–water partition coefficient (Wildman–Crippen LogP) is 0.432. The molecule has 0 unspecified atom stereocenters. The Morgan fingerprint density at radius 1 is 0.857 bits per heavy atom. The van der Waals surface area contributed by atoms with Crippen LogP contribution >= 0.6 is 0 Å². The Hall–Kier alpha value is -0.723. The molecule has 0 aliphatic rings. The van der Waals surface area contributed by atoms with Gasteiger partial charge in [0.15, 0.2) is 0 Å². The number of carbonyl (C=O) groups is 2. The fraction of sp³-hybridized carbons (Fsp3) is 0. The van der Waals surface area contributed by atoms with Crippen LogP contribution in [0, 0.1) is 0 Å². The molecular weight excluding hydrogens is 231 g/mol. The second-order valence-electron chi connectivity index (χ2n) is 2.19. The quantitative estimate of drug-likeness (QED) is 0.732. The van der Waals surface area contributed by atoms with Crippen LogP contribution in [0.2, 0.25) is 0 Å². The molecule has 6 heteroatoms. The number of rotatable bonds is 2. The summed E-state index contributed by atoms with van der Waals surface area (Å²) in [6.07, 6.45) is 0. The third-order valence-corrected chi connectivity index (χ3v) is 1.38. The van der Waals surface area contributed by atoms with Crippen molar-refractivity contribution in [1.82, 2.24) is 0 Å². The zero-order chi connectivity index (χ0) is 9.14. The van der Waals surface area contributed by atoms with Crippen molar-refractivity contribution in [1.29, 1.82) is 0 Å². The molecule has 0 aliphatic heterocycles. The van der Waals surface area contributed by atoms with Gasteiger partial charge >= 0.3 is 30.8 Å². The molecule has 0 heterocycles. The first-order valence-corrected chi connectivity index (χ1v) is 3.18. The number of benzene rings is 1. The SMILES string of the molecule is O=C(O)c1ccc(C(=O)O)cc1.[Cu].[LiH]. The molecular formula is C8H7CuLiO4. The van der Waals surface area contributed by atoms with Gasteiger partial charge in [0, 0.05) is 17.1 Å². The first-order valence-electron chi connectivity index (χ1n) is 3.18. The summed E-state index contributed by atoms with van der Waals surface area (Å²) in [7, 11) is 0. The summed E-state index contributed by atoms with van der Waals surface area (Å²) in [4.78, 5) is 20.7. The molecule has 0 atom stereocenters. The fourth-order valence-electron chi connectivity index (χ4n) is 0.755. The van der Waals surface area contributed by atoms with Crippen molar-refractivity contribution in [2.24, 2.45) is 0 Å². The molecule has 1 aromatic rings. The number of carboxylic acids is 2. The second kappa shape index (κ2) is 6.69. The molecule has 0 spiro atoms. The maximum absolute atomic E-state index is 10.3. The van der Waals surface area contributed by atoms with Crippen LogP contribution in [0.25, 0.3) is 0 Å². The van der Waals surface area contributed by atoms with Crippen molar-refractivity contribution in [2.75, 3.05) is 0 Å². The van der Waals surface area contributed by atoms with E-state index in [1.54, 1.807) is 0 Å². The van der Waals surface area contributed by atoms with E-state index in [0.29, 0.717) is 0 Å². The second-order valence-corrected chi connectivity index (χ2v) is 2.19. The molecule has 1 aromatic carbocycles. The minimum atomic E-state index is -1.06. The molecule has 0 saturated heterocycles. The molecule has 14 heavy (non-hydrogen) atoms. The van der Waals surface area contributed by atoms with Crippen LogP contribution in [0.4, 0.5) is 0 Å². The van der Waals surface area contributed by atoms with Crippen molar-refractivity contribution in [3.05, 3.63) is 35.4 Å². The van der Waals surface area contributed by atoms with Crippen molar-refractivity contribution in [3.8, 4) is 0 Å². The first kappa shape index (κ1) is 15.7. The van der Waals surface area contributed by atoms with E-state index >= 15 is 0 Å². The summed E-state index contributed by atoms with van der Waals surface area (Å²) in [5, 5.41) is 16.9. The third-order valence-electron chi connectivity index (χ3n) is 1.38. The van der Waals surface area contributed by atoms with E-state index in [-0.39, 0.29) is 47.1 Å². The fourth-order valence-corrected chi connectivity index (χ4v) is 0.755. The molecule has 0 aliphatic carbocycles. The summed E-state index contributed by atoms with van der Waals surface area (Å²) in [5.41, 5.74) is 0.167. The molecule has 0 bridgehead atoms. The molecule has 0 aromatic heterocycles. The average Bonchev–Trinajstić information content (AvgIpc) is 2.04. The predicted molar refractivity (Wildman–Crippen MR) is 47.5 cm³/mol. The summed E-state index contributed by atoms with van der Waals surface area (Å²) < 4.78 is 0. The Morgan fingerprint density at radius 3 is 1.21 bits per heavy atom. The molecule has 1 radical (unpaired) electrons. The van der Waals surface area contributed by atoms with Crippen LogP contribution in [0.15, 0.2) is 24.3 Å². The molecule has 0 amide bonds. The van der Waals surface area contributed by atoms with Crippen LogP contribution in [-0.2, 0) is 17.1 Å². The van der Waals surface area contributed by atoms with Crippen LogP contribution in [0.1, 0.15) is 20.7 Å². The van der Waals surface area contributed by atoms with Crippen LogP contribution in [0.3, 0.4) is 0 Å². The molecule has 1 rings (SSSR count). The summed E-state index contributed by atoms with van der Waals surface area (Å²) in [5.74, 6) is -2.13. The summed E-state index contributed by atoms with van der Waals surface area (Å²) in [6.45, 7) is 0. The summed E-state index contributed by atoms with van der Waals surface area (Å²) in [6, 6.07) is 5.02. The number of aromatic carboxylic acids is 2. The van der Waals surface area contributed by atoms with Crippen LogP contribution in [0.5, 0.6) is 0 Å². The van der Waals surface area contributed by atoms with Gasteiger partial charge in [-0.1, -0.05) is 0 Å². The topological polar surface area (TPSA) is 74.6 Å². The Morgan fingerprint density at radius 2 is 1.07 bits per heavy atom. The monoisotopic (exact) mass is 237 g/mol. The van der Waals surface area contributed by atoms with Gasteiger partial charge in [-0.3, -0.25) is 0 Å². The Kier molecular flexibility index (Phi) is 7.52. The molecule has 2 N–H and O–H groups in total. The van der Waals surface area contributed by atoms with Gasteiger partial charge in [0.05, 0.1) is 11.1 Å². The first-order chi connectivity index (χ1) is 5.61.